The van der Waals surface area contributed by atoms with E-state index in [2.05, 4.69) is 20.1 Å². The monoisotopic (exact) mass is 490 g/mol. The van der Waals surface area contributed by atoms with E-state index in [1.54, 1.807) is 15.9 Å². The minimum absolute atomic E-state index is 0.0808. The molecule has 3 aliphatic heterocycles. The highest BCUT2D eigenvalue weighted by molar-refractivity contribution is 5.98. The highest BCUT2D eigenvalue weighted by Crippen LogP contribution is 2.58. The Morgan fingerprint density at radius 1 is 1.20 bits per heavy atom. The van der Waals surface area contributed by atoms with Crippen LogP contribution in [0, 0.1) is 11.8 Å². The van der Waals surface area contributed by atoms with Crippen molar-refractivity contribution in [3.8, 4) is 0 Å². The van der Waals surface area contributed by atoms with Crippen molar-refractivity contribution < 1.29 is 29.0 Å². The van der Waals surface area contributed by atoms with Crippen LogP contribution in [0.4, 0.5) is 0 Å². The van der Waals surface area contributed by atoms with Crippen LogP contribution in [-0.2, 0) is 23.9 Å². The van der Waals surface area contributed by atoms with Crippen LogP contribution in [0.3, 0.4) is 0 Å². The molecule has 3 fully saturated rings. The van der Waals surface area contributed by atoms with Gasteiger partial charge in [-0.05, 0) is 32.1 Å². The van der Waals surface area contributed by atoms with Gasteiger partial charge in [-0.15, -0.1) is 6.58 Å². The summed E-state index contributed by atoms with van der Waals surface area (Å²) in [4.78, 5) is 44.3. The number of amides is 2. The van der Waals surface area contributed by atoms with Crippen LogP contribution in [0.5, 0.6) is 0 Å². The topological polar surface area (TPSA) is 96.4 Å². The van der Waals surface area contributed by atoms with Crippen molar-refractivity contribution >= 4 is 17.8 Å². The molecule has 5 atom stereocenters. The van der Waals surface area contributed by atoms with Crippen molar-refractivity contribution in [1.82, 2.24) is 9.80 Å². The molecule has 8 nitrogen and oxygen atoms in total. The van der Waals surface area contributed by atoms with Gasteiger partial charge in [0.1, 0.15) is 18.2 Å². The van der Waals surface area contributed by atoms with Crippen molar-refractivity contribution in [1.29, 1.82) is 0 Å². The summed E-state index contributed by atoms with van der Waals surface area (Å²) in [6.07, 6.45) is 10.1. The molecule has 3 heterocycles. The van der Waals surface area contributed by atoms with Crippen molar-refractivity contribution in [2.24, 2.45) is 11.8 Å². The Kier molecular flexibility index (Phi) is 9.92. The van der Waals surface area contributed by atoms with Gasteiger partial charge in [-0.3, -0.25) is 14.4 Å². The third-order valence-electron chi connectivity index (χ3n) is 7.65. The first-order valence-electron chi connectivity index (χ1n) is 13.2. The van der Waals surface area contributed by atoms with Crippen LogP contribution < -0.4 is 0 Å². The lowest BCUT2D eigenvalue weighted by Crippen LogP contribution is -2.56. The van der Waals surface area contributed by atoms with Gasteiger partial charge in [0.2, 0.25) is 11.8 Å². The van der Waals surface area contributed by atoms with E-state index in [-0.39, 0.29) is 25.0 Å². The Hall–Kier alpha value is -2.19. The van der Waals surface area contributed by atoms with Gasteiger partial charge >= 0.3 is 5.97 Å². The number of hydrogen-bond donors (Lipinski definition) is 1. The minimum atomic E-state index is -0.994. The summed E-state index contributed by atoms with van der Waals surface area (Å²) in [7, 11) is 0. The van der Waals surface area contributed by atoms with E-state index in [1.165, 1.54) is 6.08 Å². The number of fused-ring (bicyclic) bond motifs is 1. The minimum Gasteiger partial charge on any atom is -0.461 e. The number of ether oxygens (including phenoxy) is 2. The number of unbranched alkanes of at least 4 members (excludes halogenated alkanes) is 5. The van der Waals surface area contributed by atoms with Gasteiger partial charge in [0.15, 0.2) is 0 Å². The molecule has 2 amide bonds. The molecule has 3 aliphatic rings. The smallest absolute Gasteiger partial charge is 0.312 e. The summed E-state index contributed by atoms with van der Waals surface area (Å²) in [5.74, 6) is -2.14. The van der Waals surface area contributed by atoms with Gasteiger partial charge in [0.05, 0.1) is 17.9 Å². The van der Waals surface area contributed by atoms with Crippen molar-refractivity contribution in [3.05, 3.63) is 25.3 Å². The zero-order chi connectivity index (χ0) is 25.4. The molecule has 0 aromatic heterocycles. The second-order valence-corrected chi connectivity index (χ2v) is 9.92. The number of nitrogens with zero attached hydrogens (tertiary/aromatic N) is 2. The van der Waals surface area contributed by atoms with E-state index in [4.69, 9.17) is 14.6 Å². The van der Waals surface area contributed by atoms with Gasteiger partial charge in [-0.1, -0.05) is 51.3 Å². The lowest BCUT2D eigenvalue weighted by molar-refractivity contribution is -0.154. The fourth-order valence-electron chi connectivity index (χ4n) is 6.10. The van der Waals surface area contributed by atoms with Crippen molar-refractivity contribution in [2.45, 2.75) is 82.5 Å². The zero-order valence-electron chi connectivity index (χ0n) is 21.2. The predicted octanol–water partition coefficient (Wildman–Crippen LogP) is 2.85. The number of aliphatic hydroxyl groups is 1. The molecule has 196 valence electrons. The number of carbonyl (C=O) groups excluding carboxylic acids is 3. The molecular weight excluding hydrogens is 448 g/mol. The molecule has 35 heavy (non-hydrogen) atoms. The summed E-state index contributed by atoms with van der Waals surface area (Å²) in [5.41, 5.74) is -0.994. The number of esters is 1. The Bertz CT molecular complexity index is 786. The quantitative estimate of drug-likeness (QED) is 0.203. The fraction of sp³-hybridized carbons (Fsp3) is 0.741. The predicted molar refractivity (Wildman–Crippen MR) is 132 cm³/mol. The average molecular weight is 491 g/mol. The molecule has 0 aromatic rings. The Morgan fingerprint density at radius 2 is 1.97 bits per heavy atom. The Balaban J connectivity index is 1.89. The van der Waals surface area contributed by atoms with Crippen LogP contribution in [0.25, 0.3) is 0 Å². The lowest BCUT2D eigenvalue weighted by atomic mass is 9.70. The lowest BCUT2D eigenvalue weighted by Gasteiger charge is -2.36. The SMILES string of the molecule is C=CCOC(=O)[C@@H]1[C@H]2C(=O)N(CCCCCCO)C(C(=O)N(CC=C)CCCCC)C23CC[C@H]1O3. The van der Waals surface area contributed by atoms with Gasteiger partial charge in [-0.2, -0.15) is 0 Å². The first kappa shape index (κ1) is 27.4. The zero-order valence-corrected chi connectivity index (χ0v) is 21.2. The van der Waals surface area contributed by atoms with Gasteiger partial charge in [-0.25, -0.2) is 0 Å². The van der Waals surface area contributed by atoms with E-state index < -0.39 is 35.6 Å². The fourth-order valence-corrected chi connectivity index (χ4v) is 6.10. The van der Waals surface area contributed by atoms with Crippen molar-refractivity contribution in [3.63, 3.8) is 0 Å². The first-order valence-corrected chi connectivity index (χ1v) is 13.2. The van der Waals surface area contributed by atoms with Crippen LogP contribution in [0.15, 0.2) is 25.3 Å². The van der Waals surface area contributed by atoms with E-state index in [0.29, 0.717) is 32.5 Å². The Labute approximate surface area is 209 Å². The van der Waals surface area contributed by atoms with E-state index in [9.17, 15) is 14.4 Å². The van der Waals surface area contributed by atoms with E-state index in [1.807, 2.05) is 0 Å². The highest BCUT2D eigenvalue weighted by atomic mass is 16.6. The summed E-state index contributed by atoms with van der Waals surface area (Å²) in [6.45, 7) is 11.2. The molecule has 1 spiro atoms. The van der Waals surface area contributed by atoms with Crippen LogP contribution in [0.1, 0.15) is 64.7 Å². The molecule has 0 aliphatic carbocycles. The summed E-state index contributed by atoms with van der Waals surface area (Å²) in [6, 6.07) is -0.748. The third-order valence-corrected chi connectivity index (χ3v) is 7.65. The average Bonchev–Trinajstić information content (AvgIpc) is 3.49. The molecule has 2 bridgehead atoms. The molecule has 3 saturated heterocycles. The molecule has 8 heteroatoms. The molecule has 0 aromatic carbocycles. The second kappa shape index (κ2) is 12.7. The molecule has 0 radical (unpaired) electrons. The van der Waals surface area contributed by atoms with E-state index >= 15 is 0 Å². The number of hydrogen-bond acceptors (Lipinski definition) is 6. The molecule has 3 rings (SSSR count). The van der Waals surface area contributed by atoms with Crippen LogP contribution in [0.2, 0.25) is 0 Å². The highest BCUT2D eigenvalue weighted by Gasteiger charge is 2.74. The van der Waals surface area contributed by atoms with Gasteiger partial charge in [0.25, 0.3) is 0 Å². The molecule has 0 saturated carbocycles. The van der Waals surface area contributed by atoms with Crippen LogP contribution >= 0.6 is 0 Å². The molecule has 2 unspecified atom stereocenters. The van der Waals surface area contributed by atoms with Crippen molar-refractivity contribution in [2.75, 3.05) is 32.8 Å². The van der Waals surface area contributed by atoms with Gasteiger partial charge < -0.3 is 24.4 Å². The standard InChI is InChI=1S/C27H42N2O6/c1-4-7-10-16-28(15-5-2)25(32)23-27-14-13-20(35-27)21(26(33)34-19-6-3)22(27)24(31)29(23)17-11-8-9-12-18-30/h5-6,20-23,30H,2-4,7-19H2,1H3/t20-,21+,22+,23?,27?/m1/s1. The number of likely N-dealkylation sites (tertiary alicyclic amines) is 1. The maximum Gasteiger partial charge on any atom is 0.312 e. The third kappa shape index (κ3) is 5.48. The maximum absolute atomic E-state index is 14.0. The number of aliphatic hydroxyl groups excluding tert-OH is 1. The molecular formula is C27H42N2O6. The maximum atomic E-state index is 14.0. The van der Waals surface area contributed by atoms with E-state index in [0.717, 1.165) is 44.9 Å². The Morgan fingerprint density at radius 3 is 2.66 bits per heavy atom. The van der Waals surface area contributed by atoms with Crippen LogP contribution in [-0.4, -0.2) is 83.3 Å². The normalized spacial score (nSPS) is 28.7. The first-order chi connectivity index (χ1) is 17.0. The number of carbonyl (C=O) groups is 3. The number of rotatable bonds is 16. The summed E-state index contributed by atoms with van der Waals surface area (Å²) in [5, 5.41) is 9.07. The van der Waals surface area contributed by atoms with Gasteiger partial charge in [0, 0.05) is 26.2 Å². The summed E-state index contributed by atoms with van der Waals surface area (Å²) >= 11 is 0. The largest absolute Gasteiger partial charge is 0.461 e. The summed E-state index contributed by atoms with van der Waals surface area (Å²) < 4.78 is 11.8. The molecule has 1 N–H and O–H groups in total. The second-order valence-electron chi connectivity index (χ2n) is 9.92.